The largest absolute Gasteiger partial charge is 0.395 e. The normalized spacial score (nSPS) is 12.2. The third-order valence-electron chi connectivity index (χ3n) is 2.37. The van der Waals surface area contributed by atoms with E-state index in [9.17, 15) is 4.79 Å². The summed E-state index contributed by atoms with van der Waals surface area (Å²) in [7, 11) is 1.61. The maximum Gasteiger partial charge on any atom is 0.251 e. The Balaban J connectivity index is 2.54. The average molecular weight is 222 g/mol. The highest BCUT2D eigenvalue weighted by Crippen LogP contribution is 2.04. The standard InChI is InChI=1S/C12H18N2O2/c1-9(8-15)14-7-10-3-5-11(6-4-10)12(16)13-2/h3-6,9,14-15H,7-8H2,1-2H3,(H,13,16). The minimum Gasteiger partial charge on any atom is -0.395 e. The molecule has 0 aliphatic heterocycles. The Morgan fingerprint density at radius 1 is 1.38 bits per heavy atom. The molecular formula is C12H18N2O2. The maximum absolute atomic E-state index is 11.3. The lowest BCUT2D eigenvalue weighted by atomic mass is 10.1. The van der Waals surface area contributed by atoms with Gasteiger partial charge in [-0.15, -0.1) is 0 Å². The fourth-order valence-corrected chi connectivity index (χ4v) is 1.27. The van der Waals surface area contributed by atoms with Crippen LogP contribution in [-0.4, -0.2) is 30.7 Å². The zero-order chi connectivity index (χ0) is 12.0. The van der Waals surface area contributed by atoms with E-state index in [2.05, 4.69) is 10.6 Å². The molecule has 0 bridgehead atoms. The van der Waals surface area contributed by atoms with Crippen LogP contribution in [0.25, 0.3) is 0 Å². The van der Waals surface area contributed by atoms with Gasteiger partial charge in [-0.3, -0.25) is 4.79 Å². The average Bonchev–Trinajstić information content (AvgIpc) is 2.35. The summed E-state index contributed by atoms with van der Waals surface area (Å²) in [5.41, 5.74) is 1.74. The second-order valence-electron chi connectivity index (χ2n) is 3.74. The predicted octanol–water partition coefficient (Wildman–Crippen LogP) is 0.517. The minimum absolute atomic E-state index is 0.0803. The number of benzene rings is 1. The zero-order valence-corrected chi connectivity index (χ0v) is 9.66. The van der Waals surface area contributed by atoms with Crippen molar-refractivity contribution in [1.82, 2.24) is 10.6 Å². The molecule has 0 spiro atoms. The molecule has 3 N–H and O–H groups in total. The Labute approximate surface area is 95.7 Å². The van der Waals surface area contributed by atoms with Gasteiger partial charge in [0.15, 0.2) is 0 Å². The number of hydrogen-bond acceptors (Lipinski definition) is 3. The van der Waals surface area contributed by atoms with Crippen LogP contribution in [0.15, 0.2) is 24.3 Å². The van der Waals surface area contributed by atoms with E-state index in [1.165, 1.54) is 0 Å². The summed E-state index contributed by atoms with van der Waals surface area (Å²) in [5, 5.41) is 14.6. The number of carbonyl (C=O) groups is 1. The van der Waals surface area contributed by atoms with Gasteiger partial charge < -0.3 is 15.7 Å². The van der Waals surface area contributed by atoms with Gasteiger partial charge in [0.25, 0.3) is 5.91 Å². The molecule has 0 saturated carbocycles. The second kappa shape index (κ2) is 6.25. The number of hydrogen-bond donors (Lipinski definition) is 3. The van der Waals surface area contributed by atoms with Crippen LogP contribution in [0, 0.1) is 0 Å². The number of carbonyl (C=O) groups excluding carboxylic acids is 1. The molecule has 1 amide bonds. The van der Waals surface area contributed by atoms with Crippen LogP contribution in [0.3, 0.4) is 0 Å². The Morgan fingerprint density at radius 3 is 2.50 bits per heavy atom. The van der Waals surface area contributed by atoms with E-state index in [-0.39, 0.29) is 18.6 Å². The summed E-state index contributed by atoms with van der Waals surface area (Å²) in [5.74, 6) is -0.0803. The van der Waals surface area contributed by atoms with Gasteiger partial charge in [-0.2, -0.15) is 0 Å². The van der Waals surface area contributed by atoms with Crippen molar-refractivity contribution in [3.8, 4) is 0 Å². The van der Waals surface area contributed by atoms with Gasteiger partial charge in [0.05, 0.1) is 6.61 Å². The first-order valence-electron chi connectivity index (χ1n) is 5.32. The van der Waals surface area contributed by atoms with Crippen molar-refractivity contribution in [2.24, 2.45) is 0 Å². The molecule has 88 valence electrons. The van der Waals surface area contributed by atoms with E-state index in [1.54, 1.807) is 19.2 Å². The zero-order valence-electron chi connectivity index (χ0n) is 9.66. The quantitative estimate of drug-likeness (QED) is 0.680. The first-order chi connectivity index (χ1) is 7.67. The van der Waals surface area contributed by atoms with Gasteiger partial charge in [-0.1, -0.05) is 12.1 Å². The van der Waals surface area contributed by atoms with Crippen LogP contribution < -0.4 is 10.6 Å². The fraction of sp³-hybridized carbons (Fsp3) is 0.417. The highest BCUT2D eigenvalue weighted by molar-refractivity contribution is 5.93. The molecule has 1 rings (SSSR count). The van der Waals surface area contributed by atoms with Gasteiger partial charge in [0, 0.05) is 25.2 Å². The molecule has 0 heterocycles. The highest BCUT2D eigenvalue weighted by Gasteiger charge is 2.03. The Bertz CT molecular complexity index is 335. The van der Waals surface area contributed by atoms with Crippen molar-refractivity contribution >= 4 is 5.91 Å². The molecule has 0 fully saturated rings. The van der Waals surface area contributed by atoms with Crippen molar-refractivity contribution < 1.29 is 9.90 Å². The van der Waals surface area contributed by atoms with E-state index in [1.807, 2.05) is 19.1 Å². The summed E-state index contributed by atoms with van der Waals surface area (Å²) in [6.45, 7) is 2.73. The molecule has 1 unspecified atom stereocenters. The summed E-state index contributed by atoms with van der Waals surface area (Å²) >= 11 is 0. The van der Waals surface area contributed by atoms with E-state index in [0.717, 1.165) is 5.56 Å². The molecule has 0 aromatic heterocycles. The van der Waals surface area contributed by atoms with Crippen LogP contribution in [0.5, 0.6) is 0 Å². The lowest BCUT2D eigenvalue weighted by Gasteiger charge is -2.10. The number of aliphatic hydroxyl groups excluding tert-OH is 1. The number of rotatable bonds is 5. The van der Waals surface area contributed by atoms with Crippen molar-refractivity contribution in [2.45, 2.75) is 19.5 Å². The molecule has 1 aromatic rings. The molecular weight excluding hydrogens is 204 g/mol. The number of nitrogens with one attached hydrogen (secondary N) is 2. The lowest BCUT2D eigenvalue weighted by molar-refractivity contribution is 0.0963. The Morgan fingerprint density at radius 2 is 2.00 bits per heavy atom. The number of aliphatic hydroxyl groups is 1. The molecule has 4 heteroatoms. The van der Waals surface area contributed by atoms with Gasteiger partial charge >= 0.3 is 0 Å². The summed E-state index contributed by atoms with van der Waals surface area (Å²) in [4.78, 5) is 11.3. The molecule has 1 aromatic carbocycles. The van der Waals surface area contributed by atoms with Gasteiger partial charge in [-0.05, 0) is 24.6 Å². The summed E-state index contributed by atoms with van der Waals surface area (Å²) < 4.78 is 0. The SMILES string of the molecule is CNC(=O)c1ccc(CNC(C)CO)cc1. The smallest absolute Gasteiger partial charge is 0.251 e. The third-order valence-corrected chi connectivity index (χ3v) is 2.37. The van der Waals surface area contributed by atoms with Crippen molar-refractivity contribution in [3.63, 3.8) is 0 Å². The van der Waals surface area contributed by atoms with E-state index >= 15 is 0 Å². The third kappa shape index (κ3) is 3.64. The van der Waals surface area contributed by atoms with Crippen molar-refractivity contribution in [2.75, 3.05) is 13.7 Å². The summed E-state index contributed by atoms with van der Waals surface area (Å²) in [6, 6.07) is 7.47. The monoisotopic (exact) mass is 222 g/mol. The first-order valence-corrected chi connectivity index (χ1v) is 5.32. The number of amides is 1. The van der Waals surface area contributed by atoms with Crippen LogP contribution in [0.4, 0.5) is 0 Å². The van der Waals surface area contributed by atoms with Crippen molar-refractivity contribution in [1.29, 1.82) is 0 Å². The van der Waals surface area contributed by atoms with E-state index < -0.39 is 0 Å². The summed E-state index contributed by atoms with van der Waals surface area (Å²) in [6.07, 6.45) is 0. The molecule has 0 radical (unpaired) electrons. The predicted molar refractivity (Wildman–Crippen MR) is 63.2 cm³/mol. The van der Waals surface area contributed by atoms with Gasteiger partial charge in [0.1, 0.15) is 0 Å². The van der Waals surface area contributed by atoms with Gasteiger partial charge in [-0.25, -0.2) is 0 Å². The van der Waals surface area contributed by atoms with Crippen LogP contribution in [-0.2, 0) is 6.54 Å². The van der Waals surface area contributed by atoms with Crippen LogP contribution >= 0.6 is 0 Å². The molecule has 1 atom stereocenters. The van der Waals surface area contributed by atoms with Crippen LogP contribution in [0.2, 0.25) is 0 Å². The topological polar surface area (TPSA) is 61.4 Å². The van der Waals surface area contributed by atoms with Crippen molar-refractivity contribution in [3.05, 3.63) is 35.4 Å². The minimum atomic E-state index is -0.0803. The maximum atomic E-state index is 11.3. The molecule has 0 aliphatic carbocycles. The molecule has 16 heavy (non-hydrogen) atoms. The molecule has 0 aliphatic rings. The molecule has 0 saturated heterocycles. The highest BCUT2D eigenvalue weighted by atomic mass is 16.3. The lowest BCUT2D eigenvalue weighted by Crippen LogP contribution is -2.28. The fourth-order valence-electron chi connectivity index (χ4n) is 1.27. The van der Waals surface area contributed by atoms with Crippen LogP contribution in [0.1, 0.15) is 22.8 Å². The Kier molecular flexibility index (Phi) is 4.95. The molecule has 4 nitrogen and oxygen atoms in total. The second-order valence-corrected chi connectivity index (χ2v) is 3.74. The Hall–Kier alpha value is -1.39. The van der Waals surface area contributed by atoms with E-state index in [0.29, 0.717) is 12.1 Å². The van der Waals surface area contributed by atoms with Gasteiger partial charge in [0.2, 0.25) is 0 Å². The first kappa shape index (κ1) is 12.7. The van der Waals surface area contributed by atoms with E-state index in [4.69, 9.17) is 5.11 Å².